The maximum absolute atomic E-state index is 12.9. The number of carbonyl (C=O) groups is 3. The molecule has 0 saturated carbocycles. The summed E-state index contributed by atoms with van der Waals surface area (Å²) in [7, 11) is 3.08. The van der Waals surface area contributed by atoms with Crippen molar-refractivity contribution in [2.45, 2.75) is 6.04 Å². The molecular weight excluding hydrogens is 388 g/mol. The first-order chi connectivity index (χ1) is 14.5. The number of para-hydroxylation sites is 1. The Bertz CT molecular complexity index is 1010. The Balaban J connectivity index is 1.44. The highest BCUT2D eigenvalue weighted by Crippen LogP contribution is 2.34. The molecule has 0 radical (unpaired) electrons. The van der Waals surface area contributed by atoms with Crippen LogP contribution in [0.25, 0.3) is 0 Å². The van der Waals surface area contributed by atoms with Crippen LogP contribution in [0.3, 0.4) is 0 Å². The Labute approximate surface area is 173 Å². The van der Waals surface area contributed by atoms with Gasteiger partial charge in [0.15, 0.2) is 0 Å². The first-order valence-electron chi connectivity index (χ1n) is 9.49. The van der Waals surface area contributed by atoms with Crippen LogP contribution in [0.5, 0.6) is 11.5 Å². The maximum Gasteiger partial charge on any atom is 0.325 e. The average molecular weight is 410 g/mol. The lowest BCUT2D eigenvalue weighted by atomic mass is 10.1. The molecular formula is C21H22N4O5. The number of fused-ring (bicyclic) bond motifs is 1. The molecule has 0 bridgehead atoms. The summed E-state index contributed by atoms with van der Waals surface area (Å²) in [6.07, 6.45) is 0. The third-order valence-corrected chi connectivity index (χ3v) is 5.20. The van der Waals surface area contributed by atoms with Gasteiger partial charge in [-0.15, -0.1) is 0 Å². The van der Waals surface area contributed by atoms with Gasteiger partial charge in [0.2, 0.25) is 5.91 Å². The van der Waals surface area contributed by atoms with Crippen LogP contribution >= 0.6 is 0 Å². The van der Waals surface area contributed by atoms with E-state index in [1.807, 2.05) is 12.1 Å². The highest BCUT2D eigenvalue weighted by atomic mass is 16.5. The number of nitrogens with one attached hydrogen (secondary N) is 2. The van der Waals surface area contributed by atoms with Crippen molar-refractivity contribution in [2.75, 3.05) is 44.1 Å². The molecule has 1 unspecified atom stereocenters. The Kier molecular flexibility index (Phi) is 5.18. The number of carbonyl (C=O) groups excluding carboxylic acids is 3. The van der Waals surface area contributed by atoms with Gasteiger partial charge in [-0.05, 0) is 18.2 Å². The smallest absolute Gasteiger partial charge is 0.325 e. The van der Waals surface area contributed by atoms with Gasteiger partial charge in [-0.25, -0.2) is 4.79 Å². The highest BCUT2D eigenvalue weighted by Gasteiger charge is 2.35. The molecule has 2 N–H and O–H groups in total. The lowest BCUT2D eigenvalue weighted by molar-refractivity contribution is -0.126. The van der Waals surface area contributed by atoms with E-state index < -0.39 is 11.9 Å². The number of hydrogen-bond acceptors (Lipinski definition) is 5. The van der Waals surface area contributed by atoms with Crippen molar-refractivity contribution in [3.63, 3.8) is 0 Å². The van der Waals surface area contributed by atoms with Crippen LogP contribution in [0.4, 0.5) is 16.2 Å². The number of hydrogen-bond donors (Lipinski definition) is 2. The molecule has 4 rings (SSSR count). The zero-order valence-corrected chi connectivity index (χ0v) is 16.7. The summed E-state index contributed by atoms with van der Waals surface area (Å²) in [6, 6.07) is 11.3. The minimum atomic E-state index is -0.763. The van der Waals surface area contributed by atoms with E-state index in [0.717, 1.165) is 0 Å². The predicted molar refractivity (Wildman–Crippen MR) is 110 cm³/mol. The van der Waals surface area contributed by atoms with E-state index in [2.05, 4.69) is 10.6 Å². The third-order valence-electron chi connectivity index (χ3n) is 5.20. The Morgan fingerprint density at radius 3 is 2.70 bits per heavy atom. The second-order valence-electron chi connectivity index (χ2n) is 6.97. The van der Waals surface area contributed by atoms with Crippen molar-refractivity contribution in [2.24, 2.45) is 0 Å². The van der Waals surface area contributed by atoms with Gasteiger partial charge >= 0.3 is 6.03 Å². The van der Waals surface area contributed by atoms with Gasteiger partial charge in [-0.1, -0.05) is 18.2 Å². The van der Waals surface area contributed by atoms with Crippen LogP contribution in [-0.4, -0.2) is 56.6 Å². The molecule has 4 amide bonds. The topological polar surface area (TPSA) is 100 Å². The van der Waals surface area contributed by atoms with Crippen molar-refractivity contribution in [3.8, 4) is 11.5 Å². The summed E-state index contributed by atoms with van der Waals surface area (Å²) < 4.78 is 10.6. The molecule has 2 aliphatic heterocycles. The van der Waals surface area contributed by atoms with Crippen molar-refractivity contribution < 1.29 is 23.9 Å². The SMILES string of the molecule is COc1ccc(OC)c(N2CCN(CC(=O)NC3C(=O)Nc4ccccc43)C2=O)c1. The summed E-state index contributed by atoms with van der Waals surface area (Å²) in [5.74, 6) is 0.440. The second kappa shape index (κ2) is 7.94. The molecule has 1 saturated heterocycles. The van der Waals surface area contributed by atoms with Crippen LogP contribution in [0.1, 0.15) is 11.6 Å². The molecule has 156 valence electrons. The first-order valence-corrected chi connectivity index (χ1v) is 9.49. The zero-order chi connectivity index (χ0) is 21.3. The molecule has 0 aromatic heterocycles. The first kappa shape index (κ1) is 19.6. The summed E-state index contributed by atoms with van der Waals surface area (Å²) in [5, 5.41) is 5.46. The molecule has 0 spiro atoms. The van der Waals surface area contributed by atoms with Gasteiger partial charge in [-0.3, -0.25) is 14.5 Å². The quantitative estimate of drug-likeness (QED) is 0.756. The van der Waals surface area contributed by atoms with Crippen molar-refractivity contribution in [1.82, 2.24) is 10.2 Å². The summed E-state index contributed by atoms with van der Waals surface area (Å²) in [4.78, 5) is 40.7. The van der Waals surface area contributed by atoms with E-state index in [0.29, 0.717) is 41.5 Å². The Morgan fingerprint density at radius 2 is 1.93 bits per heavy atom. The molecule has 9 heteroatoms. The van der Waals surface area contributed by atoms with Crippen LogP contribution < -0.4 is 25.0 Å². The second-order valence-corrected chi connectivity index (χ2v) is 6.97. The van der Waals surface area contributed by atoms with Gasteiger partial charge in [0.1, 0.15) is 24.1 Å². The highest BCUT2D eigenvalue weighted by molar-refractivity contribution is 6.05. The fourth-order valence-corrected chi connectivity index (χ4v) is 3.69. The van der Waals surface area contributed by atoms with Gasteiger partial charge in [-0.2, -0.15) is 0 Å². The van der Waals surface area contributed by atoms with Gasteiger partial charge < -0.3 is 25.0 Å². The van der Waals surface area contributed by atoms with E-state index in [1.165, 1.54) is 12.0 Å². The van der Waals surface area contributed by atoms with Crippen molar-refractivity contribution in [3.05, 3.63) is 48.0 Å². The monoisotopic (exact) mass is 410 g/mol. The van der Waals surface area contributed by atoms with E-state index in [4.69, 9.17) is 9.47 Å². The number of benzene rings is 2. The fourth-order valence-electron chi connectivity index (χ4n) is 3.69. The van der Waals surface area contributed by atoms with E-state index in [-0.39, 0.29) is 18.5 Å². The van der Waals surface area contributed by atoms with E-state index in [1.54, 1.807) is 42.3 Å². The van der Waals surface area contributed by atoms with E-state index in [9.17, 15) is 14.4 Å². The summed E-state index contributed by atoms with van der Waals surface area (Å²) in [5.41, 5.74) is 1.97. The van der Waals surface area contributed by atoms with Crippen LogP contribution in [0.2, 0.25) is 0 Å². The number of methoxy groups -OCH3 is 2. The Morgan fingerprint density at radius 1 is 1.13 bits per heavy atom. The molecule has 0 aliphatic carbocycles. The molecule has 30 heavy (non-hydrogen) atoms. The standard InChI is InChI=1S/C21H22N4O5/c1-29-13-7-8-17(30-2)16(11-13)25-10-9-24(21(25)28)12-18(26)23-19-14-5-3-4-6-15(14)22-20(19)27/h3-8,11,19H,9-10,12H2,1-2H3,(H,22,27)(H,23,26). The third kappa shape index (κ3) is 3.49. The fraction of sp³-hybridized carbons (Fsp3) is 0.286. The van der Waals surface area contributed by atoms with Crippen LogP contribution in [-0.2, 0) is 9.59 Å². The molecule has 1 atom stereocenters. The van der Waals surface area contributed by atoms with Crippen molar-refractivity contribution in [1.29, 1.82) is 0 Å². The molecule has 2 heterocycles. The molecule has 1 fully saturated rings. The number of urea groups is 1. The van der Waals surface area contributed by atoms with Gasteiger partial charge in [0, 0.05) is 30.4 Å². The number of rotatable bonds is 6. The number of amides is 4. The summed E-state index contributed by atoms with van der Waals surface area (Å²) >= 11 is 0. The van der Waals surface area contributed by atoms with Gasteiger partial charge in [0.25, 0.3) is 5.91 Å². The number of nitrogens with zero attached hydrogens (tertiary/aromatic N) is 2. The minimum absolute atomic E-state index is 0.145. The van der Waals surface area contributed by atoms with Crippen LogP contribution in [0.15, 0.2) is 42.5 Å². The number of ether oxygens (including phenoxy) is 2. The Hall–Kier alpha value is -3.75. The predicted octanol–water partition coefficient (Wildman–Crippen LogP) is 1.76. The molecule has 2 aromatic rings. The lowest BCUT2D eigenvalue weighted by Gasteiger charge is -2.21. The maximum atomic E-state index is 12.9. The lowest BCUT2D eigenvalue weighted by Crippen LogP contribution is -2.42. The van der Waals surface area contributed by atoms with E-state index >= 15 is 0 Å². The molecule has 9 nitrogen and oxygen atoms in total. The van der Waals surface area contributed by atoms with Crippen molar-refractivity contribution >= 4 is 29.2 Å². The van der Waals surface area contributed by atoms with Gasteiger partial charge in [0.05, 0.1) is 19.9 Å². The number of anilines is 2. The largest absolute Gasteiger partial charge is 0.497 e. The molecule has 2 aromatic carbocycles. The summed E-state index contributed by atoms with van der Waals surface area (Å²) in [6.45, 7) is 0.635. The minimum Gasteiger partial charge on any atom is -0.497 e. The van der Waals surface area contributed by atoms with Crippen LogP contribution in [0, 0.1) is 0 Å². The zero-order valence-electron chi connectivity index (χ0n) is 16.7. The average Bonchev–Trinajstić information content (AvgIpc) is 3.27. The molecule has 2 aliphatic rings. The normalized spacial score (nSPS) is 17.6.